The van der Waals surface area contributed by atoms with Crippen LogP contribution in [0.4, 0.5) is 0 Å². The minimum Gasteiger partial charge on any atom is -0.349 e. The molecule has 1 aliphatic rings. The molecule has 0 radical (unpaired) electrons. The summed E-state index contributed by atoms with van der Waals surface area (Å²) in [6, 6.07) is 8.13. The molecule has 1 aromatic carbocycles. The molecule has 1 fully saturated rings. The molecule has 1 N–H and O–H groups in total. The van der Waals surface area contributed by atoms with Crippen LogP contribution in [0.15, 0.2) is 24.3 Å². The molecule has 0 aromatic heterocycles. The summed E-state index contributed by atoms with van der Waals surface area (Å²) < 4.78 is 0. The summed E-state index contributed by atoms with van der Waals surface area (Å²) in [7, 11) is 0. The van der Waals surface area contributed by atoms with Crippen LogP contribution in [0, 0.1) is 12.8 Å². The monoisotopic (exact) mass is 231 g/mol. The van der Waals surface area contributed by atoms with Crippen LogP contribution < -0.4 is 5.32 Å². The zero-order valence-corrected chi connectivity index (χ0v) is 10.7. The number of carbonyl (C=O) groups excluding carboxylic acids is 1. The van der Waals surface area contributed by atoms with Gasteiger partial charge in [-0.2, -0.15) is 0 Å². The molecule has 0 aliphatic heterocycles. The van der Waals surface area contributed by atoms with E-state index < -0.39 is 0 Å². The molecule has 17 heavy (non-hydrogen) atoms. The van der Waals surface area contributed by atoms with E-state index in [1.54, 1.807) is 0 Å². The van der Waals surface area contributed by atoms with Crippen LogP contribution >= 0.6 is 0 Å². The highest BCUT2D eigenvalue weighted by Crippen LogP contribution is 2.23. The molecule has 0 bridgehead atoms. The third-order valence-electron chi connectivity index (χ3n) is 3.74. The predicted octanol–water partition coefficient (Wildman–Crippen LogP) is 3.30. The Morgan fingerprint density at radius 1 is 1.18 bits per heavy atom. The van der Waals surface area contributed by atoms with E-state index in [0.717, 1.165) is 12.0 Å². The largest absolute Gasteiger partial charge is 0.349 e. The number of hydrogen-bond acceptors (Lipinski definition) is 1. The Hall–Kier alpha value is -1.31. The van der Waals surface area contributed by atoms with Crippen molar-refractivity contribution in [2.45, 2.75) is 45.6 Å². The van der Waals surface area contributed by atoms with Gasteiger partial charge in [-0.1, -0.05) is 37.5 Å². The lowest BCUT2D eigenvalue weighted by Gasteiger charge is -2.29. The maximum atomic E-state index is 12.1. The van der Waals surface area contributed by atoms with E-state index in [-0.39, 0.29) is 5.91 Å². The second-order valence-corrected chi connectivity index (χ2v) is 5.21. The highest BCUT2D eigenvalue weighted by Gasteiger charge is 2.22. The van der Waals surface area contributed by atoms with Crippen molar-refractivity contribution < 1.29 is 4.79 Å². The summed E-state index contributed by atoms with van der Waals surface area (Å²) in [6.45, 7) is 4.27. The molecule has 2 atom stereocenters. The molecule has 2 nitrogen and oxygen atoms in total. The number of nitrogens with one attached hydrogen (secondary N) is 1. The topological polar surface area (TPSA) is 29.1 Å². The Morgan fingerprint density at radius 2 is 1.82 bits per heavy atom. The van der Waals surface area contributed by atoms with Crippen molar-refractivity contribution in [3.63, 3.8) is 0 Å². The van der Waals surface area contributed by atoms with E-state index in [9.17, 15) is 4.79 Å². The maximum Gasteiger partial charge on any atom is 0.251 e. The molecular weight excluding hydrogens is 210 g/mol. The van der Waals surface area contributed by atoms with Crippen molar-refractivity contribution in [3.8, 4) is 0 Å². The van der Waals surface area contributed by atoms with Crippen LogP contribution in [0.1, 0.15) is 48.5 Å². The lowest BCUT2D eigenvalue weighted by Crippen LogP contribution is -2.41. The fourth-order valence-electron chi connectivity index (χ4n) is 2.49. The molecule has 0 unspecified atom stereocenters. The molecular formula is C15H21NO. The molecule has 1 aromatic rings. The number of aryl methyl sites for hydroxylation is 1. The first-order valence-corrected chi connectivity index (χ1v) is 6.54. The molecule has 0 spiro atoms. The van der Waals surface area contributed by atoms with Crippen LogP contribution in [-0.4, -0.2) is 11.9 Å². The lowest BCUT2D eigenvalue weighted by molar-refractivity contribution is 0.0910. The standard InChI is InChI=1S/C15H21NO/c1-11-7-9-13(10-8-11)15(17)16-14-6-4-3-5-12(14)2/h7-10,12,14H,3-6H2,1-2H3,(H,16,17)/t12-,14-/m1/s1. The Labute approximate surface area is 103 Å². The van der Waals surface area contributed by atoms with Crippen LogP contribution in [0.5, 0.6) is 0 Å². The summed E-state index contributed by atoms with van der Waals surface area (Å²) in [6.07, 6.45) is 4.90. The number of rotatable bonds is 2. The second kappa shape index (κ2) is 5.35. The van der Waals surface area contributed by atoms with Crippen molar-refractivity contribution in [1.82, 2.24) is 5.32 Å². The van der Waals surface area contributed by atoms with E-state index in [1.807, 2.05) is 31.2 Å². The first-order chi connectivity index (χ1) is 8.16. The maximum absolute atomic E-state index is 12.1. The minimum absolute atomic E-state index is 0.0729. The minimum atomic E-state index is 0.0729. The third kappa shape index (κ3) is 3.09. The van der Waals surface area contributed by atoms with Crippen molar-refractivity contribution in [1.29, 1.82) is 0 Å². The Morgan fingerprint density at radius 3 is 2.47 bits per heavy atom. The van der Waals surface area contributed by atoms with Crippen LogP contribution in [0.3, 0.4) is 0 Å². The van der Waals surface area contributed by atoms with E-state index in [1.165, 1.54) is 24.8 Å². The number of carbonyl (C=O) groups is 1. The van der Waals surface area contributed by atoms with Gasteiger partial charge in [0.05, 0.1) is 0 Å². The van der Waals surface area contributed by atoms with E-state index >= 15 is 0 Å². The molecule has 92 valence electrons. The van der Waals surface area contributed by atoms with Crippen molar-refractivity contribution >= 4 is 5.91 Å². The number of benzene rings is 1. The third-order valence-corrected chi connectivity index (χ3v) is 3.74. The summed E-state index contributed by atoms with van der Waals surface area (Å²) in [5.41, 5.74) is 1.96. The van der Waals surface area contributed by atoms with Gasteiger partial charge >= 0.3 is 0 Å². The predicted molar refractivity (Wildman–Crippen MR) is 70.1 cm³/mol. The van der Waals surface area contributed by atoms with Crippen molar-refractivity contribution in [2.75, 3.05) is 0 Å². The molecule has 2 rings (SSSR count). The first-order valence-electron chi connectivity index (χ1n) is 6.54. The highest BCUT2D eigenvalue weighted by atomic mass is 16.1. The molecule has 1 aliphatic carbocycles. The smallest absolute Gasteiger partial charge is 0.251 e. The molecule has 0 heterocycles. The number of amides is 1. The molecule has 1 saturated carbocycles. The van der Waals surface area contributed by atoms with Gasteiger partial charge in [0.25, 0.3) is 5.91 Å². The Balaban J connectivity index is 1.98. The van der Waals surface area contributed by atoms with Gasteiger partial charge in [0, 0.05) is 11.6 Å². The molecule has 2 heteroatoms. The second-order valence-electron chi connectivity index (χ2n) is 5.21. The van der Waals surface area contributed by atoms with Crippen LogP contribution in [-0.2, 0) is 0 Å². The summed E-state index contributed by atoms with van der Waals surface area (Å²) >= 11 is 0. The normalized spacial score (nSPS) is 24.4. The summed E-state index contributed by atoms with van der Waals surface area (Å²) in [5.74, 6) is 0.682. The average Bonchev–Trinajstić information content (AvgIpc) is 2.33. The van der Waals surface area contributed by atoms with Crippen molar-refractivity contribution in [2.24, 2.45) is 5.92 Å². The highest BCUT2D eigenvalue weighted by molar-refractivity contribution is 5.94. The van der Waals surface area contributed by atoms with Crippen molar-refractivity contribution in [3.05, 3.63) is 35.4 Å². The van der Waals surface area contributed by atoms with E-state index in [2.05, 4.69) is 12.2 Å². The Kier molecular flexibility index (Phi) is 3.82. The molecule has 0 saturated heterocycles. The van der Waals surface area contributed by atoms with E-state index in [0.29, 0.717) is 12.0 Å². The van der Waals surface area contributed by atoms with Gasteiger partial charge in [-0.25, -0.2) is 0 Å². The van der Waals surface area contributed by atoms with E-state index in [4.69, 9.17) is 0 Å². The fraction of sp³-hybridized carbons (Fsp3) is 0.533. The van der Waals surface area contributed by atoms with Crippen LogP contribution in [0.2, 0.25) is 0 Å². The summed E-state index contributed by atoms with van der Waals surface area (Å²) in [4.78, 5) is 12.1. The Bertz CT molecular complexity index is 382. The zero-order valence-electron chi connectivity index (χ0n) is 10.7. The number of hydrogen-bond donors (Lipinski definition) is 1. The SMILES string of the molecule is Cc1ccc(C(=O)N[C@@H]2CCCC[C@H]2C)cc1. The van der Waals surface area contributed by atoms with Gasteiger partial charge in [0.15, 0.2) is 0 Å². The van der Waals surface area contributed by atoms with Crippen LogP contribution in [0.25, 0.3) is 0 Å². The average molecular weight is 231 g/mol. The van der Waals surface area contributed by atoms with Gasteiger partial charge in [-0.15, -0.1) is 0 Å². The van der Waals surface area contributed by atoms with Gasteiger partial charge in [-0.3, -0.25) is 4.79 Å². The first kappa shape index (κ1) is 12.2. The quantitative estimate of drug-likeness (QED) is 0.831. The lowest BCUT2D eigenvalue weighted by atomic mass is 9.86. The molecule has 1 amide bonds. The van der Waals surface area contributed by atoms with Gasteiger partial charge in [0.2, 0.25) is 0 Å². The van der Waals surface area contributed by atoms with Gasteiger partial charge < -0.3 is 5.32 Å². The van der Waals surface area contributed by atoms with Gasteiger partial charge in [-0.05, 0) is 37.8 Å². The summed E-state index contributed by atoms with van der Waals surface area (Å²) in [5, 5.41) is 3.17. The van der Waals surface area contributed by atoms with Gasteiger partial charge in [0.1, 0.15) is 0 Å². The fourth-order valence-corrected chi connectivity index (χ4v) is 2.49. The zero-order chi connectivity index (χ0) is 12.3.